The maximum Gasteiger partial charge on any atom is 0.227 e. The Morgan fingerprint density at radius 2 is 2.17 bits per heavy atom. The van der Waals surface area contributed by atoms with Crippen LogP contribution in [-0.2, 0) is 28.1 Å². The van der Waals surface area contributed by atoms with E-state index in [0.29, 0.717) is 13.0 Å². The van der Waals surface area contributed by atoms with Gasteiger partial charge in [0.2, 0.25) is 5.91 Å². The number of hydrogen-bond donors (Lipinski definition) is 0. The molecule has 3 rings (SSSR count). The molecule has 1 aliphatic heterocycles. The van der Waals surface area contributed by atoms with E-state index < -0.39 is 9.84 Å². The minimum atomic E-state index is -2.99. The number of imidazole rings is 1. The zero-order valence-electron chi connectivity index (χ0n) is 14.3. The number of likely N-dealkylation sites (N-methyl/N-ethyl adjacent to an activating group) is 1. The van der Waals surface area contributed by atoms with Crippen LogP contribution < -0.4 is 0 Å². The summed E-state index contributed by atoms with van der Waals surface area (Å²) in [5.74, 6) is 1.18. The van der Waals surface area contributed by atoms with Crippen molar-refractivity contribution in [2.75, 3.05) is 18.1 Å². The minimum Gasteiger partial charge on any atom is -0.339 e. The second-order valence-electron chi connectivity index (χ2n) is 6.45. The number of carbonyl (C=O) groups is 1. The highest BCUT2D eigenvalue weighted by molar-refractivity contribution is 7.91. The van der Waals surface area contributed by atoms with Crippen molar-refractivity contribution in [3.05, 3.63) is 29.6 Å². The van der Waals surface area contributed by atoms with E-state index in [1.54, 1.807) is 4.90 Å². The third-order valence-electron chi connectivity index (χ3n) is 4.83. The van der Waals surface area contributed by atoms with Crippen LogP contribution in [0.4, 0.5) is 0 Å². The van der Waals surface area contributed by atoms with Gasteiger partial charge in [-0.3, -0.25) is 4.79 Å². The molecule has 2 heterocycles. The Hall–Kier alpha value is -1.89. The number of sulfone groups is 1. The van der Waals surface area contributed by atoms with Gasteiger partial charge in [-0.25, -0.2) is 13.4 Å². The third kappa shape index (κ3) is 3.17. The number of rotatable bonds is 4. The Labute approximate surface area is 142 Å². The number of nitrogens with zero attached hydrogens (tertiary/aromatic N) is 3. The van der Waals surface area contributed by atoms with Gasteiger partial charge >= 0.3 is 0 Å². The van der Waals surface area contributed by atoms with Gasteiger partial charge in [0.1, 0.15) is 5.82 Å². The molecule has 1 fully saturated rings. The van der Waals surface area contributed by atoms with Crippen molar-refractivity contribution in [3.63, 3.8) is 0 Å². The fourth-order valence-electron chi connectivity index (χ4n) is 3.41. The van der Waals surface area contributed by atoms with E-state index in [1.165, 1.54) is 0 Å². The molecule has 0 saturated carbocycles. The van der Waals surface area contributed by atoms with Gasteiger partial charge in [0.25, 0.3) is 0 Å². The summed E-state index contributed by atoms with van der Waals surface area (Å²) in [7, 11) is -1.03. The first kappa shape index (κ1) is 17.0. The van der Waals surface area contributed by atoms with Crippen molar-refractivity contribution in [1.29, 1.82) is 0 Å². The van der Waals surface area contributed by atoms with Gasteiger partial charge in [0.05, 0.1) is 29.0 Å². The lowest BCUT2D eigenvalue weighted by Crippen LogP contribution is -2.41. The molecular formula is C17H23N3O3S. The lowest BCUT2D eigenvalue weighted by Gasteiger charge is -2.27. The largest absolute Gasteiger partial charge is 0.339 e. The molecule has 0 bridgehead atoms. The molecule has 1 aliphatic rings. The molecule has 1 saturated heterocycles. The molecule has 0 N–H and O–H groups in total. The average Bonchev–Trinajstić information content (AvgIpc) is 3.00. The summed E-state index contributed by atoms with van der Waals surface area (Å²) in [6, 6.07) is 5.68. The maximum atomic E-state index is 12.7. The number of aryl methyl sites for hydroxylation is 2. The zero-order valence-corrected chi connectivity index (χ0v) is 15.1. The van der Waals surface area contributed by atoms with Crippen LogP contribution in [0.15, 0.2) is 18.2 Å². The number of benzene rings is 1. The van der Waals surface area contributed by atoms with E-state index in [2.05, 4.69) is 4.98 Å². The van der Waals surface area contributed by atoms with E-state index in [1.807, 2.05) is 43.7 Å². The molecule has 0 spiro atoms. The Kier molecular flexibility index (Phi) is 4.38. The summed E-state index contributed by atoms with van der Waals surface area (Å²) in [5.41, 5.74) is 2.83. The highest BCUT2D eigenvalue weighted by Gasteiger charge is 2.33. The number of fused-ring (bicyclic) bond motifs is 1. The predicted octanol–water partition coefficient (Wildman–Crippen LogP) is 1.46. The fraction of sp³-hybridized carbons (Fsp3) is 0.529. The highest BCUT2D eigenvalue weighted by atomic mass is 32.2. The number of hydrogen-bond acceptors (Lipinski definition) is 4. The van der Waals surface area contributed by atoms with Crippen molar-refractivity contribution in [2.24, 2.45) is 7.05 Å². The summed E-state index contributed by atoms with van der Waals surface area (Å²) < 4.78 is 25.4. The third-order valence-corrected chi connectivity index (χ3v) is 6.58. The van der Waals surface area contributed by atoms with E-state index in [-0.39, 0.29) is 29.9 Å². The van der Waals surface area contributed by atoms with Crippen molar-refractivity contribution in [3.8, 4) is 0 Å². The van der Waals surface area contributed by atoms with Crippen LogP contribution in [0.25, 0.3) is 11.0 Å². The molecule has 7 heteroatoms. The topological polar surface area (TPSA) is 72.3 Å². The molecule has 1 amide bonds. The molecule has 6 nitrogen and oxygen atoms in total. The Morgan fingerprint density at radius 1 is 1.42 bits per heavy atom. The first-order valence-electron chi connectivity index (χ1n) is 8.22. The van der Waals surface area contributed by atoms with Gasteiger partial charge in [-0.1, -0.05) is 6.07 Å². The summed E-state index contributed by atoms with van der Waals surface area (Å²) in [5, 5.41) is 0. The molecule has 130 valence electrons. The number of amides is 1. The zero-order chi connectivity index (χ0) is 17.5. The first-order chi connectivity index (χ1) is 11.3. The fourth-order valence-corrected chi connectivity index (χ4v) is 5.14. The van der Waals surface area contributed by atoms with Crippen LogP contribution in [-0.4, -0.2) is 52.9 Å². The summed E-state index contributed by atoms with van der Waals surface area (Å²) in [6.45, 7) is 4.38. The summed E-state index contributed by atoms with van der Waals surface area (Å²) >= 11 is 0. The molecule has 1 aromatic carbocycles. The van der Waals surface area contributed by atoms with Crippen molar-refractivity contribution in [1.82, 2.24) is 14.5 Å². The lowest BCUT2D eigenvalue weighted by atomic mass is 10.1. The van der Waals surface area contributed by atoms with Crippen LogP contribution >= 0.6 is 0 Å². The molecule has 24 heavy (non-hydrogen) atoms. The predicted molar refractivity (Wildman–Crippen MR) is 93.6 cm³/mol. The van der Waals surface area contributed by atoms with Gasteiger partial charge in [-0.05, 0) is 38.0 Å². The summed E-state index contributed by atoms with van der Waals surface area (Å²) in [6.07, 6.45) is 0.816. The van der Waals surface area contributed by atoms with E-state index in [0.717, 1.165) is 22.4 Å². The SMILES string of the molecule is CCN(C(=O)Cc1ccc2c(c1)nc(C)n2C)C1CCS(=O)(=O)C1. The first-order valence-corrected chi connectivity index (χ1v) is 10.0. The maximum absolute atomic E-state index is 12.7. The van der Waals surface area contributed by atoms with Gasteiger partial charge in [-0.15, -0.1) is 0 Å². The standard InChI is InChI=1S/C17H23N3O3S/c1-4-20(14-7-8-24(22,23)11-14)17(21)10-13-5-6-16-15(9-13)18-12(2)19(16)3/h5-6,9,14H,4,7-8,10-11H2,1-3H3. The normalized spacial score (nSPS) is 19.7. The Morgan fingerprint density at radius 3 is 2.79 bits per heavy atom. The minimum absolute atomic E-state index is 0.0217. The number of aromatic nitrogens is 2. The van der Waals surface area contributed by atoms with Gasteiger partial charge in [-0.2, -0.15) is 0 Å². The molecule has 2 aromatic rings. The Bertz CT molecular complexity index is 886. The van der Waals surface area contributed by atoms with Crippen LogP contribution in [0.3, 0.4) is 0 Å². The monoisotopic (exact) mass is 349 g/mol. The van der Waals surface area contributed by atoms with Crippen molar-refractivity contribution in [2.45, 2.75) is 32.7 Å². The average molecular weight is 349 g/mol. The van der Waals surface area contributed by atoms with E-state index in [4.69, 9.17) is 0 Å². The van der Waals surface area contributed by atoms with Gasteiger partial charge in [0, 0.05) is 19.6 Å². The summed E-state index contributed by atoms with van der Waals surface area (Å²) in [4.78, 5) is 18.9. The van der Waals surface area contributed by atoms with E-state index in [9.17, 15) is 13.2 Å². The van der Waals surface area contributed by atoms with Crippen molar-refractivity contribution < 1.29 is 13.2 Å². The molecule has 1 aromatic heterocycles. The molecular weight excluding hydrogens is 326 g/mol. The van der Waals surface area contributed by atoms with Crippen LogP contribution in [0.2, 0.25) is 0 Å². The van der Waals surface area contributed by atoms with Crippen LogP contribution in [0.5, 0.6) is 0 Å². The number of carbonyl (C=O) groups excluding carboxylic acids is 1. The molecule has 1 unspecified atom stereocenters. The van der Waals surface area contributed by atoms with Crippen LogP contribution in [0, 0.1) is 6.92 Å². The van der Waals surface area contributed by atoms with Crippen LogP contribution in [0.1, 0.15) is 24.7 Å². The highest BCUT2D eigenvalue weighted by Crippen LogP contribution is 2.20. The quantitative estimate of drug-likeness (QED) is 0.838. The second kappa shape index (κ2) is 6.20. The van der Waals surface area contributed by atoms with E-state index >= 15 is 0 Å². The molecule has 1 atom stereocenters. The van der Waals surface area contributed by atoms with Gasteiger partial charge < -0.3 is 9.47 Å². The van der Waals surface area contributed by atoms with Gasteiger partial charge in [0.15, 0.2) is 9.84 Å². The molecule has 0 aliphatic carbocycles. The second-order valence-corrected chi connectivity index (χ2v) is 8.68. The lowest BCUT2D eigenvalue weighted by molar-refractivity contribution is -0.132. The smallest absolute Gasteiger partial charge is 0.227 e. The van der Waals surface area contributed by atoms with Crippen molar-refractivity contribution >= 4 is 26.8 Å². The Balaban J connectivity index is 1.78. The molecule has 0 radical (unpaired) electrons.